The van der Waals surface area contributed by atoms with Crippen molar-refractivity contribution in [3.63, 3.8) is 0 Å². The van der Waals surface area contributed by atoms with Crippen LogP contribution in [0.3, 0.4) is 0 Å². The van der Waals surface area contributed by atoms with Gasteiger partial charge in [-0.25, -0.2) is 0 Å². The quantitative estimate of drug-likeness (QED) is 0.803. The zero-order valence-corrected chi connectivity index (χ0v) is 11.7. The van der Waals surface area contributed by atoms with Gasteiger partial charge >= 0.3 is 0 Å². The fourth-order valence-corrected chi connectivity index (χ4v) is 2.71. The molecule has 2 unspecified atom stereocenters. The minimum absolute atomic E-state index is 0.504. The van der Waals surface area contributed by atoms with Gasteiger partial charge in [-0.1, -0.05) is 50.1 Å². The maximum Gasteiger partial charge on any atom is 0.0449 e. The predicted octanol–water partition coefficient (Wildman–Crippen LogP) is 3.21. The largest absolute Gasteiger partial charge is 0.307 e. The van der Waals surface area contributed by atoms with Crippen molar-refractivity contribution in [2.75, 3.05) is 19.6 Å². The van der Waals surface area contributed by atoms with Crippen LogP contribution in [0.4, 0.5) is 0 Å². The molecule has 18 heavy (non-hydrogen) atoms. The first kappa shape index (κ1) is 13.6. The fraction of sp³-hybridized carbons (Fsp3) is 0.625. The highest BCUT2D eigenvalue weighted by Gasteiger charge is 2.24. The van der Waals surface area contributed by atoms with Gasteiger partial charge in [-0.2, -0.15) is 0 Å². The van der Waals surface area contributed by atoms with Crippen LogP contribution >= 0.6 is 0 Å². The third-order valence-electron chi connectivity index (χ3n) is 3.95. The topological polar surface area (TPSA) is 15.3 Å². The van der Waals surface area contributed by atoms with Crippen molar-refractivity contribution in [2.45, 2.75) is 45.2 Å². The molecule has 0 bridgehead atoms. The average Bonchev–Trinajstić information content (AvgIpc) is 2.42. The highest BCUT2D eigenvalue weighted by molar-refractivity contribution is 5.20. The predicted molar refractivity (Wildman–Crippen MR) is 77.7 cm³/mol. The Hall–Kier alpha value is -0.860. The van der Waals surface area contributed by atoms with E-state index in [-0.39, 0.29) is 0 Å². The van der Waals surface area contributed by atoms with Gasteiger partial charge in [-0.3, -0.25) is 4.90 Å². The molecule has 0 amide bonds. The van der Waals surface area contributed by atoms with E-state index in [0.717, 1.165) is 13.1 Å². The van der Waals surface area contributed by atoms with Crippen LogP contribution in [0.25, 0.3) is 0 Å². The molecule has 1 aliphatic rings. The van der Waals surface area contributed by atoms with Crippen LogP contribution in [0.5, 0.6) is 0 Å². The van der Waals surface area contributed by atoms with E-state index in [1.165, 1.54) is 31.4 Å². The number of piperazine rings is 1. The molecule has 2 nitrogen and oxygen atoms in total. The summed E-state index contributed by atoms with van der Waals surface area (Å²) >= 11 is 0. The maximum absolute atomic E-state index is 3.66. The van der Waals surface area contributed by atoms with Gasteiger partial charge in [0.25, 0.3) is 0 Å². The first-order valence-electron chi connectivity index (χ1n) is 7.33. The van der Waals surface area contributed by atoms with Crippen LogP contribution in [0.1, 0.15) is 44.7 Å². The lowest BCUT2D eigenvalue weighted by Gasteiger charge is -2.39. The van der Waals surface area contributed by atoms with Crippen molar-refractivity contribution in [3.8, 4) is 0 Å². The van der Waals surface area contributed by atoms with E-state index in [1.54, 1.807) is 0 Å². The molecule has 1 aromatic carbocycles. The first-order chi connectivity index (χ1) is 8.81. The Bertz CT molecular complexity index is 336. The fourth-order valence-electron chi connectivity index (χ4n) is 2.71. The summed E-state index contributed by atoms with van der Waals surface area (Å²) in [6.07, 6.45) is 4.00. The van der Waals surface area contributed by atoms with Crippen LogP contribution in [-0.2, 0) is 0 Å². The second kappa shape index (κ2) is 6.91. The summed E-state index contributed by atoms with van der Waals surface area (Å²) in [6.45, 7) is 8.11. The number of nitrogens with one attached hydrogen (secondary N) is 1. The molecule has 2 heteroatoms. The van der Waals surface area contributed by atoms with Gasteiger partial charge in [0.2, 0.25) is 0 Å². The van der Waals surface area contributed by atoms with E-state index in [1.807, 2.05) is 0 Å². The number of nitrogens with zero attached hydrogens (tertiary/aromatic N) is 1. The van der Waals surface area contributed by atoms with E-state index in [9.17, 15) is 0 Å². The van der Waals surface area contributed by atoms with Crippen LogP contribution in [0, 0.1) is 0 Å². The Balaban J connectivity index is 1.91. The molecule has 1 fully saturated rings. The molecule has 1 aromatic rings. The van der Waals surface area contributed by atoms with Crippen LogP contribution in [0.15, 0.2) is 30.3 Å². The number of unbranched alkanes of at least 4 members (excludes halogenated alkanes) is 2. The summed E-state index contributed by atoms with van der Waals surface area (Å²) in [7, 11) is 0. The van der Waals surface area contributed by atoms with E-state index < -0.39 is 0 Å². The summed E-state index contributed by atoms with van der Waals surface area (Å²) in [6, 6.07) is 12.0. The monoisotopic (exact) mass is 246 g/mol. The summed E-state index contributed by atoms with van der Waals surface area (Å²) in [5.74, 6) is 0. The Morgan fingerprint density at radius 1 is 1.22 bits per heavy atom. The minimum Gasteiger partial charge on any atom is -0.307 e. The lowest BCUT2D eigenvalue weighted by Crippen LogP contribution is -2.51. The molecule has 2 rings (SSSR count). The molecular weight excluding hydrogens is 220 g/mol. The SMILES string of the molecule is CCCCCN1CC(c2ccccc2)NCC1C. The molecule has 0 aliphatic carbocycles. The smallest absolute Gasteiger partial charge is 0.0449 e. The van der Waals surface area contributed by atoms with Crippen molar-refractivity contribution in [3.05, 3.63) is 35.9 Å². The molecular formula is C16H26N2. The van der Waals surface area contributed by atoms with Gasteiger partial charge < -0.3 is 5.32 Å². The van der Waals surface area contributed by atoms with E-state index >= 15 is 0 Å². The first-order valence-corrected chi connectivity index (χ1v) is 7.33. The van der Waals surface area contributed by atoms with Gasteiger partial charge in [0.05, 0.1) is 0 Å². The summed E-state index contributed by atoms with van der Waals surface area (Å²) in [4.78, 5) is 2.64. The molecule has 2 atom stereocenters. The van der Waals surface area contributed by atoms with Crippen molar-refractivity contribution in [2.24, 2.45) is 0 Å². The molecule has 100 valence electrons. The van der Waals surface area contributed by atoms with Crippen molar-refractivity contribution < 1.29 is 0 Å². The van der Waals surface area contributed by atoms with Crippen molar-refractivity contribution in [1.29, 1.82) is 0 Å². The second-order valence-electron chi connectivity index (χ2n) is 5.42. The molecule has 1 saturated heterocycles. The summed E-state index contributed by atoms with van der Waals surface area (Å²) in [5, 5.41) is 3.66. The van der Waals surface area contributed by atoms with Crippen molar-refractivity contribution >= 4 is 0 Å². The Morgan fingerprint density at radius 3 is 2.72 bits per heavy atom. The number of hydrogen-bond donors (Lipinski definition) is 1. The highest BCUT2D eigenvalue weighted by Crippen LogP contribution is 2.20. The van der Waals surface area contributed by atoms with E-state index in [2.05, 4.69) is 54.4 Å². The molecule has 0 saturated carbocycles. The van der Waals surface area contributed by atoms with Gasteiger partial charge in [0.15, 0.2) is 0 Å². The average molecular weight is 246 g/mol. The highest BCUT2D eigenvalue weighted by atomic mass is 15.2. The van der Waals surface area contributed by atoms with Crippen LogP contribution in [0.2, 0.25) is 0 Å². The van der Waals surface area contributed by atoms with Crippen LogP contribution < -0.4 is 5.32 Å². The number of hydrogen-bond acceptors (Lipinski definition) is 2. The molecule has 1 N–H and O–H groups in total. The normalized spacial score (nSPS) is 25.2. The van der Waals surface area contributed by atoms with E-state index in [0.29, 0.717) is 12.1 Å². The third kappa shape index (κ3) is 3.56. The maximum atomic E-state index is 3.66. The second-order valence-corrected chi connectivity index (χ2v) is 5.42. The Labute approximate surface area is 111 Å². The van der Waals surface area contributed by atoms with Gasteiger partial charge in [0.1, 0.15) is 0 Å². The summed E-state index contributed by atoms with van der Waals surface area (Å²) in [5.41, 5.74) is 1.42. The van der Waals surface area contributed by atoms with Gasteiger partial charge in [-0.15, -0.1) is 0 Å². The molecule has 1 aliphatic heterocycles. The minimum atomic E-state index is 0.504. The van der Waals surface area contributed by atoms with Gasteiger partial charge in [0, 0.05) is 25.2 Å². The third-order valence-corrected chi connectivity index (χ3v) is 3.95. The molecule has 0 aromatic heterocycles. The lowest BCUT2D eigenvalue weighted by atomic mass is 10.0. The molecule has 1 heterocycles. The van der Waals surface area contributed by atoms with Gasteiger partial charge in [-0.05, 0) is 25.5 Å². The Morgan fingerprint density at radius 2 is 2.00 bits per heavy atom. The standard InChI is InChI=1S/C16H26N2/c1-3-4-8-11-18-13-16(17-12-14(18)2)15-9-6-5-7-10-15/h5-7,9-10,14,16-17H,3-4,8,11-13H2,1-2H3. The van der Waals surface area contributed by atoms with Crippen LogP contribution in [-0.4, -0.2) is 30.6 Å². The Kier molecular flexibility index (Phi) is 5.21. The van der Waals surface area contributed by atoms with E-state index in [4.69, 9.17) is 0 Å². The zero-order chi connectivity index (χ0) is 12.8. The lowest BCUT2D eigenvalue weighted by molar-refractivity contribution is 0.138. The zero-order valence-electron chi connectivity index (χ0n) is 11.7. The number of rotatable bonds is 5. The summed E-state index contributed by atoms with van der Waals surface area (Å²) < 4.78 is 0. The molecule has 0 radical (unpaired) electrons. The number of benzene rings is 1. The van der Waals surface area contributed by atoms with Crippen molar-refractivity contribution in [1.82, 2.24) is 10.2 Å². The molecule has 0 spiro atoms.